The van der Waals surface area contributed by atoms with E-state index < -0.39 is 6.10 Å². The number of aromatic nitrogens is 1. The Hall–Kier alpha value is -1.23. The molecule has 1 unspecified atom stereocenters. The molecule has 6 nitrogen and oxygen atoms in total. The highest BCUT2D eigenvalue weighted by Crippen LogP contribution is 2.18. The number of β-amino-alcohol motifs (C(OH)–C–C–N with tert-alkyl or cyclic N) is 1. The fourth-order valence-electron chi connectivity index (χ4n) is 3.36. The van der Waals surface area contributed by atoms with Crippen molar-refractivity contribution in [2.45, 2.75) is 45.9 Å². The van der Waals surface area contributed by atoms with Crippen molar-refractivity contribution in [2.75, 3.05) is 26.2 Å². The third kappa shape index (κ3) is 7.51. The van der Waals surface area contributed by atoms with Crippen LogP contribution < -0.4 is 10.6 Å². The van der Waals surface area contributed by atoms with Gasteiger partial charge in [-0.1, -0.05) is 31.2 Å². The van der Waals surface area contributed by atoms with Crippen molar-refractivity contribution in [2.24, 2.45) is 4.99 Å². The molecule has 1 aromatic carbocycles. The molecule has 0 radical (unpaired) electrons. The first-order chi connectivity index (χ1) is 13.7. The van der Waals surface area contributed by atoms with Crippen LogP contribution in [0.5, 0.6) is 0 Å². The van der Waals surface area contributed by atoms with E-state index in [0.29, 0.717) is 19.6 Å². The van der Waals surface area contributed by atoms with E-state index in [1.807, 2.05) is 13.1 Å². The molecule has 0 bridgehead atoms. The normalized spacial score (nSPS) is 15.3. The van der Waals surface area contributed by atoms with E-state index in [2.05, 4.69) is 56.7 Å². The lowest BCUT2D eigenvalue weighted by Gasteiger charge is -2.30. The second kappa shape index (κ2) is 12.5. The number of aliphatic hydroxyl groups excluding tert-OH is 1. The minimum atomic E-state index is -0.444. The number of guanidine groups is 1. The van der Waals surface area contributed by atoms with Gasteiger partial charge in [0.25, 0.3) is 0 Å². The number of nitrogens with zero attached hydrogens (tertiary/aromatic N) is 3. The van der Waals surface area contributed by atoms with Crippen LogP contribution in [-0.2, 0) is 25.9 Å². The van der Waals surface area contributed by atoms with Crippen LogP contribution in [0.15, 0.2) is 35.5 Å². The lowest BCUT2D eigenvalue weighted by molar-refractivity contribution is 0.108. The number of hydrogen-bond acceptors (Lipinski definition) is 5. The summed E-state index contributed by atoms with van der Waals surface area (Å²) < 4.78 is 0. The van der Waals surface area contributed by atoms with Crippen molar-refractivity contribution < 1.29 is 5.11 Å². The van der Waals surface area contributed by atoms with Gasteiger partial charge in [0.15, 0.2) is 5.96 Å². The number of aryl methyl sites for hydroxylation is 1. The number of aliphatic hydroxyl groups is 1. The standard InChI is InChI=1S/C21H31N5OS.HI/c1-3-19-12-23-20(28-19)13-25-21(22-4-2)24-11-18(27)15-26-10-9-16-7-5-6-8-17(16)14-26;/h5-8,12,18,27H,3-4,9-11,13-15H2,1-2H3,(H2,22,24,25);1H. The fourth-order valence-corrected chi connectivity index (χ4v) is 4.15. The quantitative estimate of drug-likeness (QED) is 0.279. The van der Waals surface area contributed by atoms with E-state index in [0.717, 1.165) is 43.4 Å². The Labute approximate surface area is 194 Å². The summed E-state index contributed by atoms with van der Waals surface area (Å²) in [4.78, 5) is 12.6. The molecule has 2 heterocycles. The molecular formula is C21H32IN5OS. The number of nitrogens with one attached hydrogen (secondary N) is 2. The van der Waals surface area contributed by atoms with E-state index in [1.165, 1.54) is 16.0 Å². The van der Waals surface area contributed by atoms with Crippen LogP contribution in [-0.4, -0.2) is 53.2 Å². The summed E-state index contributed by atoms with van der Waals surface area (Å²) in [5.74, 6) is 0.721. The Morgan fingerprint density at radius 3 is 2.79 bits per heavy atom. The van der Waals surface area contributed by atoms with Crippen LogP contribution in [0.2, 0.25) is 0 Å². The van der Waals surface area contributed by atoms with Crippen molar-refractivity contribution in [3.63, 3.8) is 0 Å². The second-order valence-corrected chi connectivity index (χ2v) is 8.26. The Balaban J connectivity index is 0.00000300. The molecule has 3 N–H and O–H groups in total. The zero-order valence-electron chi connectivity index (χ0n) is 17.2. The molecule has 1 aromatic heterocycles. The predicted molar refractivity (Wildman–Crippen MR) is 131 cm³/mol. The molecule has 0 saturated carbocycles. The van der Waals surface area contributed by atoms with Gasteiger partial charge in [-0.3, -0.25) is 4.90 Å². The van der Waals surface area contributed by atoms with Crippen LogP contribution in [0.3, 0.4) is 0 Å². The topological polar surface area (TPSA) is 72.8 Å². The van der Waals surface area contributed by atoms with Crippen molar-refractivity contribution in [1.29, 1.82) is 0 Å². The smallest absolute Gasteiger partial charge is 0.191 e. The molecule has 3 rings (SSSR count). The minimum absolute atomic E-state index is 0. The van der Waals surface area contributed by atoms with Gasteiger partial charge >= 0.3 is 0 Å². The number of benzene rings is 1. The summed E-state index contributed by atoms with van der Waals surface area (Å²) in [5.41, 5.74) is 2.81. The van der Waals surface area contributed by atoms with Crippen LogP contribution in [0.4, 0.5) is 0 Å². The van der Waals surface area contributed by atoms with Gasteiger partial charge in [-0.25, -0.2) is 9.98 Å². The maximum atomic E-state index is 10.5. The maximum Gasteiger partial charge on any atom is 0.191 e. The van der Waals surface area contributed by atoms with E-state index in [9.17, 15) is 5.11 Å². The Morgan fingerprint density at radius 1 is 1.28 bits per heavy atom. The monoisotopic (exact) mass is 529 g/mol. The fraction of sp³-hybridized carbons (Fsp3) is 0.524. The third-order valence-electron chi connectivity index (χ3n) is 4.85. The van der Waals surface area contributed by atoms with Crippen molar-refractivity contribution in [3.8, 4) is 0 Å². The van der Waals surface area contributed by atoms with Gasteiger partial charge in [-0.2, -0.15) is 0 Å². The summed E-state index contributed by atoms with van der Waals surface area (Å²) in [6.07, 6.45) is 3.54. The third-order valence-corrected chi connectivity index (χ3v) is 5.98. The summed E-state index contributed by atoms with van der Waals surface area (Å²) in [7, 11) is 0. The predicted octanol–water partition coefficient (Wildman–Crippen LogP) is 2.80. The molecule has 160 valence electrons. The van der Waals surface area contributed by atoms with Crippen LogP contribution >= 0.6 is 35.3 Å². The molecule has 1 aliphatic heterocycles. The SMILES string of the molecule is CCNC(=NCc1ncc(CC)s1)NCC(O)CN1CCc2ccccc2C1.I. The Bertz CT molecular complexity index is 782. The molecule has 0 amide bonds. The second-order valence-electron chi connectivity index (χ2n) is 7.06. The lowest BCUT2D eigenvalue weighted by atomic mass is 10.00. The molecule has 0 aliphatic carbocycles. The maximum absolute atomic E-state index is 10.5. The molecule has 2 aromatic rings. The van der Waals surface area contributed by atoms with E-state index in [4.69, 9.17) is 0 Å². The number of hydrogen-bond donors (Lipinski definition) is 3. The van der Waals surface area contributed by atoms with Gasteiger partial charge < -0.3 is 15.7 Å². The van der Waals surface area contributed by atoms with E-state index >= 15 is 0 Å². The highest BCUT2D eigenvalue weighted by atomic mass is 127. The Morgan fingerprint density at radius 2 is 2.07 bits per heavy atom. The summed E-state index contributed by atoms with van der Waals surface area (Å²) in [6.45, 7) is 8.54. The van der Waals surface area contributed by atoms with Gasteiger partial charge in [-0.05, 0) is 30.9 Å². The minimum Gasteiger partial charge on any atom is -0.390 e. The van der Waals surface area contributed by atoms with Crippen molar-refractivity contribution >= 4 is 41.3 Å². The molecular weight excluding hydrogens is 497 g/mol. The molecule has 29 heavy (non-hydrogen) atoms. The van der Waals surface area contributed by atoms with Gasteiger partial charge in [-0.15, -0.1) is 35.3 Å². The number of aliphatic imine (C=N–C) groups is 1. The lowest BCUT2D eigenvalue weighted by Crippen LogP contribution is -2.45. The first-order valence-electron chi connectivity index (χ1n) is 10.1. The highest BCUT2D eigenvalue weighted by molar-refractivity contribution is 14.0. The first kappa shape index (κ1) is 24.0. The first-order valence-corrected chi connectivity index (χ1v) is 10.9. The number of rotatable bonds is 8. The highest BCUT2D eigenvalue weighted by Gasteiger charge is 2.18. The molecule has 1 aliphatic rings. The van der Waals surface area contributed by atoms with E-state index in [-0.39, 0.29) is 24.0 Å². The van der Waals surface area contributed by atoms with Gasteiger partial charge in [0.1, 0.15) is 5.01 Å². The van der Waals surface area contributed by atoms with Gasteiger partial charge in [0.2, 0.25) is 0 Å². The Kier molecular flexibility index (Phi) is 10.3. The average Bonchev–Trinajstić information content (AvgIpc) is 3.18. The van der Waals surface area contributed by atoms with Gasteiger partial charge in [0, 0.05) is 43.8 Å². The average molecular weight is 529 g/mol. The summed E-state index contributed by atoms with van der Waals surface area (Å²) in [6, 6.07) is 8.58. The van der Waals surface area contributed by atoms with Crippen LogP contribution in [0.1, 0.15) is 34.9 Å². The zero-order chi connectivity index (χ0) is 19.8. The molecule has 8 heteroatoms. The molecule has 0 fully saturated rings. The largest absolute Gasteiger partial charge is 0.390 e. The zero-order valence-corrected chi connectivity index (χ0v) is 20.4. The molecule has 0 spiro atoms. The van der Waals surface area contributed by atoms with Crippen molar-refractivity contribution in [3.05, 3.63) is 51.5 Å². The van der Waals surface area contributed by atoms with Crippen LogP contribution in [0, 0.1) is 0 Å². The van der Waals surface area contributed by atoms with Crippen molar-refractivity contribution in [1.82, 2.24) is 20.5 Å². The number of halogens is 1. The summed E-state index contributed by atoms with van der Waals surface area (Å²) in [5, 5.41) is 18.0. The molecule has 0 saturated heterocycles. The summed E-state index contributed by atoms with van der Waals surface area (Å²) >= 11 is 1.71. The molecule has 1 atom stereocenters. The van der Waals surface area contributed by atoms with E-state index in [1.54, 1.807) is 11.3 Å². The number of fused-ring (bicyclic) bond motifs is 1. The van der Waals surface area contributed by atoms with Crippen LogP contribution in [0.25, 0.3) is 0 Å². The number of thiazole rings is 1. The van der Waals surface area contributed by atoms with Gasteiger partial charge in [0.05, 0.1) is 12.6 Å².